The number of nitrogens with zero attached hydrogens (tertiary/aromatic N) is 1. The van der Waals surface area contributed by atoms with Crippen LogP contribution in [0.5, 0.6) is 0 Å². The Kier molecular flexibility index (Phi) is 5.23. The van der Waals surface area contributed by atoms with Crippen LogP contribution in [0.25, 0.3) is 0 Å². The van der Waals surface area contributed by atoms with Crippen molar-refractivity contribution in [1.82, 2.24) is 0 Å². The molecule has 1 aliphatic carbocycles. The van der Waals surface area contributed by atoms with Crippen molar-refractivity contribution in [2.75, 3.05) is 0 Å². The number of aliphatic hydroxyl groups is 1. The van der Waals surface area contributed by atoms with Crippen LogP contribution in [0.1, 0.15) is 66.3 Å². The number of hydrogen-bond donors (Lipinski definition) is 1. The van der Waals surface area contributed by atoms with E-state index in [0.717, 1.165) is 22.3 Å². The van der Waals surface area contributed by atoms with Crippen LogP contribution in [-0.2, 0) is 9.59 Å². The van der Waals surface area contributed by atoms with Crippen LogP contribution in [-0.4, -0.2) is 16.7 Å². The number of nitriles is 1. The average Bonchev–Trinajstić information content (AvgIpc) is 2.46. The number of aliphatic hydroxyl groups excluding tert-OH is 1. The maximum atomic E-state index is 12.4. The van der Waals surface area contributed by atoms with Gasteiger partial charge >= 0.3 is 0 Å². The average molecular weight is 325 g/mol. The molecule has 0 unspecified atom stereocenters. The standard InChI is InChI=1S/C20H23NO3/c1-5-6-16(22)20-17(23)8-14(9-18(20)24)19-12(3)7-11(2)15(10-21)13(19)4/h7,14,22H,5-6,8-9H2,1-4H3. The van der Waals surface area contributed by atoms with Crippen molar-refractivity contribution in [2.45, 2.75) is 59.3 Å². The summed E-state index contributed by atoms with van der Waals surface area (Å²) in [5, 5.41) is 19.4. The lowest BCUT2D eigenvalue weighted by Crippen LogP contribution is -2.27. The maximum absolute atomic E-state index is 12.4. The van der Waals surface area contributed by atoms with Gasteiger partial charge in [-0.25, -0.2) is 0 Å². The van der Waals surface area contributed by atoms with E-state index in [2.05, 4.69) is 6.07 Å². The zero-order chi connectivity index (χ0) is 18.0. The Labute approximate surface area is 142 Å². The highest BCUT2D eigenvalue weighted by Crippen LogP contribution is 2.37. The van der Waals surface area contributed by atoms with E-state index >= 15 is 0 Å². The number of Topliss-reactive ketones (excluding diaryl/α,β-unsaturated/α-hetero) is 2. The van der Waals surface area contributed by atoms with Crippen molar-refractivity contribution in [3.8, 4) is 6.07 Å². The van der Waals surface area contributed by atoms with Gasteiger partial charge in [0.05, 0.1) is 17.2 Å². The molecule has 0 bridgehead atoms. The summed E-state index contributed by atoms with van der Waals surface area (Å²) >= 11 is 0. The predicted molar refractivity (Wildman–Crippen MR) is 91.9 cm³/mol. The van der Waals surface area contributed by atoms with E-state index in [1.54, 1.807) is 0 Å². The topological polar surface area (TPSA) is 78.2 Å². The first kappa shape index (κ1) is 17.9. The molecule has 126 valence electrons. The fourth-order valence-electron chi connectivity index (χ4n) is 3.77. The number of aryl methyl sites for hydroxylation is 2. The highest BCUT2D eigenvalue weighted by atomic mass is 16.3. The minimum atomic E-state index is -0.292. The molecule has 1 saturated carbocycles. The van der Waals surface area contributed by atoms with E-state index in [1.165, 1.54) is 0 Å². The molecule has 1 fully saturated rings. The minimum Gasteiger partial charge on any atom is -0.511 e. The molecule has 4 heteroatoms. The van der Waals surface area contributed by atoms with E-state index < -0.39 is 0 Å². The summed E-state index contributed by atoms with van der Waals surface area (Å²) in [5.74, 6) is -0.892. The van der Waals surface area contributed by atoms with Gasteiger partial charge in [0.15, 0.2) is 11.6 Å². The molecule has 0 amide bonds. The Morgan fingerprint density at radius 2 is 1.79 bits per heavy atom. The normalized spacial score (nSPS) is 17.8. The molecule has 1 aliphatic rings. The SMILES string of the molecule is CCCC(O)=C1C(=O)CC(c2c(C)cc(C)c(C#N)c2C)CC1=O. The van der Waals surface area contributed by atoms with Gasteiger partial charge in [0.25, 0.3) is 0 Å². The molecular formula is C20H23NO3. The fourth-order valence-corrected chi connectivity index (χ4v) is 3.77. The third kappa shape index (κ3) is 3.12. The van der Waals surface area contributed by atoms with Crippen molar-refractivity contribution >= 4 is 11.6 Å². The molecule has 1 aromatic rings. The summed E-state index contributed by atoms with van der Waals surface area (Å²) in [6, 6.07) is 4.16. The Bertz CT molecular complexity index is 761. The Hall–Kier alpha value is -2.41. The molecule has 1 N–H and O–H groups in total. The first-order valence-corrected chi connectivity index (χ1v) is 8.31. The molecule has 0 aliphatic heterocycles. The van der Waals surface area contributed by atoms with Gasteiger partial charge in [0.1, 0.15) is 5.76 Å². The second-order valence-electron chi connectivity index (χ2n) is 6.56. The van der Waals surface area contributed by atoms with Gasteiger partial charge in [0, 0.05) is 19.3 Å². The van der Waals surface area contributed by atoms with Gasteiger partial charge in [-0.2, -0.15) is 5.26 Å². The van der Waals surface area contributed by atoms with Crippen molar-refractivity contribution < 1.29 is 14.7 Å². The van der Waals surface area contributed by atoms with Gasteiger partial charge in [0.2, 0.25) is 0 Å². The number of carbonyl (C=O) groups is 2. The second-order valence-corrected chi connectivity index (χ2v) is 6.56. The molecule has 0 spiro atoms. The van der Waals surface area contributed by atoms with Crippen molar-refractivity contribution in [3.05, 3.63) is 45.2 Å². The molecule has 1 aromatic carbocycles. The van der Waals surface area contributed by atoms with Gasteiger partial charge in [-0.3, -0.25) is 9.59 Å². The van der Waals surface area contributed by atoms with E-state index in [0.29, 0.717) is 18.4 Å². The van der Waals surface area contributed by atoms with E-state index in [9.17, 15) is 20.0 Å². The summed E-state index contributed by atoms with van der Waals surface area (Å²) in [4.78, 5) is 24.9. The molecule has 2 rings (SSSR count). The molecule has 0 atom stereocenters. The second kappa shape index (κ2) is 7.00. The molecule has 0 radical (unpaired) electrons. The molecule has 0 saturated heterocycles. The first-order chi connectivity index (χ1) is 11.3. The Balaban J connectivity index is 2.45. The third-order valence-corrected chi connectivity index (χ3v) is 4.75. The van der Waals surface area contributed by atoms with Gasteiger partial charge < -0.3 is 5.11 Å². The summed E-state index contributed by atoms with van der Waals surface area (Å²) in [5.41, 5.74) is 4.28. The fraction of sp³-hybridized carbons (Fsp3) is 0.450. The van der Waals surface area contributed by atoms with Crippen LogP contribution < -0.4 is 0 Å². The molecule has 0 heterocycles. The van der Waals surface area contributed by atoms with Gasteiger partial charge in [-0.15, -0.1) is 0 Å². The number of rotatable bonds is 3. The monoisotopic (exact) mass is 325 g/mol. The third-order valence-electron chi connectivity index (χ3n) is 4.75. The quantitative estimate of drug-likeness (QED) is 0.515. The first-order valence-electron chi connectivity index (χ1n) is 8.31. The molecule has 0 aromatic heterocycles. The van der Waals surface area contributed by atoms with E-state index in [1.807, 2.05) is 33.8 Å². The van der Waals surface area contributed by atoms with Crippen LogP contribution in [0.3, 0.4) is 0 Å². The minimum absolute atomic E-state index is 0.0176. The van der Waals surface area contributed by atoms with Crippen molar-refractivity contribution in [2.24, 2.45) is 0 Å². The lowest BCUT2D eigenvalue weighted by molar-refractivity contribution is -0.124. The highest BCUT2D eigenvalue weighted by molar-refractivity contribution is 6.22. The number of hydrogen-bond acceptors (Lipinski definition) is 4. The molecule has 4 nitrogen and oxygen atoms in total. The van der Waals surface area contributed by atoms with Crippen LogP contribution in [0, 0.1) is 32.1 Å². The Morgan fingerprint density at radius 3 is 2.29 bits per heavy atom. The largest absolute Gasteiger partial charge is 0.511 e. The summed E-state index contributed by atoms with van der Waals surface area (Å²) in [6.07, 6.45) is 1.43. The molecular weight excluding hydrogens is 302 g/mol. The number of carbonyl (C=O) groups excluding carboxylic acids is 2. The Morgan fingerprint density at radius 1 is 1.21 bits per heavy atom. The van der Waals surface area contributed by atoms with Crippen molar-refractivity contribution in [1.29, 1.82) is 5.26 Å². The van der Waals surface area contributed by atoms with Crippen LogP contribution in [0.4, 0.5) is 0 Å². The van der Waals surface area contributed by atoms with Crippen LogP contribution >= 0.6 is 0 Å². The van der Waals surface area contributed by atoms with E-state index in [4.69, 9.17) is 0 Å². The zero-order valence-electron chi connectivity index (χ0n) is 14.7. The number of ketones is 2. The van der Waals surface area contributed by atoms with Crippen LogP contribution in [0.2, 0.25) is 0 Å². The van der Waals surface area contributed by atoms with E-state index in [-0.39, 0.29) is 41.7 Å². The summed E-state index contributed by atoms with van der Waals surface area (Å²) < 4.78 is 0. The zero-order valence-corrected chi connectivity index (χ0v) is 14.7. The smallest absolute Gasteiger partial charge is 0.170 e. The van der Waals surface area contributed by atoms with Gasteiger partial charge in [-0.05, 0) is 55.4 Å². The molecule has 24 heavy (non-hydrogen) atoms. The number of benzene rings is 1. The predicted octanol–water partition coefficient (Wildman–Crippen LogP) is 4.11. The lowest BCUT2D eigenvalue weighted by atomic mass is 9.75. The highest BCUT2D eigenvalue weighted by Gasteiger charge is 2.35. The maximum Gasteiger partial charge on any atom is 0.170 e. The summed E-state index contributed by atoms with van der Waals surface area (Å²) in [6.45, 7) is 7.61. The lowest BCUT2D eigenvalue weighted by Gasteiger charge is -2.26. The van der Waals surface area contributed by atoms with Crippen molar-refractivity contribution in [3.63, 3.8) is 0 Å². The summed E-state index contributed by atoms with van der Waals surface area (Å²) in [7, 11) is 0. The number of allylic oxidation sites excluding steroid dienone is 2. The van der Waals surface area contributed by atoms with Gasteiger partial charge in [-0.1, -0.05) is 13.0 Å². The van der Waals surface area contributed by atoms with Crippen LogP contribution in [0.15, 0.2) is 17.4 Å².